The van der Waals surface area contributed by atoms with E-state index in [9.17, 15) is 4.79 Å². The van der Waals surface area contributed by atoms with Crippen molar-refractivity contribution in [3.63, 3.8) is 0 Å². The van der Waals surface area contributed by atoms with E-state index in [1.807, 2.05) is 24.3 Å². The van der Waals surface area contributed by atoms with Gasteiger partial charge in [0.2, 0.25) is 0 Å². The molecule has 0 radical (unpaired) electrons. The van der Waals surface area contributed by atoms with Crippen molar-refractivity contribution in [2.24, 2.45) is 0 Å². The van der Waals surface area contributed by atoms with E-state index in [1.165, 1.54) is 17.7 Å². The molecule has 72 valence electrons. The lowest BCUT2D eigenvalue weighted by Crippen LogP contribution is -2.01. The summed E-state index contributed by atoms with van der Waals surface area (Å²) in [6.07, 6.45) is 3.04. The molecule has 3 rings (SSSR count). The molecule has 0 aliphatic carbocycles. The van der Waals surface area contributed by atoms with E-state index < -0.39 is 0 Å². The molecule has 4 heteroatoms. The van der Waals surface area contributed by atoms with Gasteiger partial charge in [0.15, 0.2) is 5.43 Å². The number of benzene rings is 1. The molecule has 0 aliphatic rings. The highest BCUT2D eigenvalue weighted by atomic mass is 32.1. The molecule has 2 aromatic heterocycles. The highest BCUT2D eigenvalue weighted by Gasteiger charge is 2.05. The molecular formula is C11H6N2OS. The van der Waals surface area contributed by atoms with Crippen molar-refractivity contribution < 1.29 is 0 Å². The van der Waals surface area contributed by atoms with Crippen LogP contribution in [0.25, 0.3) is 20.3 Å². The molecular weight excluding hydrogens is 208 g/mol. The Morgan fingerprint density at radius 3 is 2.93 bits per heavy atom. The first-order valence-electron chi connectivity index (χ1n) is 4.48. The number of rotatable bonds is 0. The molecule has 1 aromatic carbocycles. The summed E-state index contributed by atoms with van der Waals surface area (Å²) < 4.78 is 0.966. The quantitative estimate of drug-likeness (QED) is 0.539. The minimum atomic E-state index is 0.0138. The molecule has 0 bridgehead atoms. The Labute approximate surface area is 89.0 Å². The second kappa shape index (κ2) is 3.10. The Morgan fingerprint density at radius 1 is 1.13 bits per heavy atom. The Kier molecular flexibility index (Phi) is 1.76. The summed E-state index contributed by atoms with van der Waals surface area (Å²) in [6.45, 7) is 0. The van der Waals surface area contributed by atoms with Crippen molar-refractivity contribution in [2.45, 2.75) is 0 Å². The third kappa shape index (κ3) is 1.22. The van der Waals surface area contributed by atoms with Gasteiger partial charge in [0.25, 0.3) is 0 Å². The summed E-state index contributed by atoms with van der Waals surface area (Å²) in [5, 5.41) is 1.34. The van der Waals surface area contributed by atoms with Crippen molar-refractivity contribution >= 4 is 31.6 Å². The van der Waals surface area contributed by atoms with Crippen molar-refractivity contribution in [3.05, 3.63) is 47.0 Å². The predicted octanol–water partition coefficient (Wildman–Crippen LogP) is 2.20. The monoisotopic (exact) mass is 214 g/mol. The molecule has 0 unspecified atom stereocenters. The Balaban J connectivity index is 2.66. The molecule has 0 saturated heterocycles. The van der Waals surface area contributed by atoms with Crippen LogP contribution in [0.4, 0.5) is 0 Å². The third-order valence-corrected chi connectivity index (χ3v) is 3.35. The van der Waals surface area contributed by atoms with Crippen molar-refractivity contribution in [1.82, 2.24) is 9.97 Å². The molecule has 2 heterocycles. The molecule has 0 spiro atoms. The van der Waals surface area contributed by atoms with Gasteiger partial charge in [-0.3, -0.25) is 4.79 Å². The van der Waals surface area contributed by atoms with Gasteiger partial charge >= 0.3 is 0 Å². The summed E-state index contributed by atoms with van der Waals surface area (Å²) in [5.74, 6) is 0. The zero-order valence-electron chi connectivity index (χ0n) is 7.68. The van der Waals surface area contributed by atoms with Gasteiger partial charge in [-0.05, 0) is 12.1 Å². The largest absolute Gasteiger partial charge is 0.288 e. The molecule has 0 fully saturated rings. The Morgan fingerprint density at radius 2 is 2.00 bits per heavy atom. The number of nitrogens with zero attached hydrogens (tertiary/aromatic N) is 2. The van der Waals surface area contributed by atoms with Crippen molar-refractivity contribution in [3.8, 4) is 0 Å². The maximum Gasteiger partial charge on any atom is 0.199 e. The molecule has 3 aromatic rings. The van der Waals surface area contributed by atoms with Gasteiger partial charge in [-0.1, -0.05) is 12.1 Å². The van der Waals surface area contributed by atoms with Crippen LogP contribution >= 0.6 is 11.3 Å². The molecule has 0 aliphatic heterocycles. The number of fused-ring (bicyclic) bond motifs is 2. The average Bonchev–Trinajstić information content (AvgIpc) is 2.30. The molecule has 0 amide bonds. The zero-order chi connectivity index (χ0) is 10.3. The normalized spacial score (nSPS) is 10.9. The standard InChI is InChI=1S/C11H6N2OS/c14-10-7-3-1-2-4-9(7)15-11-8(10)5-12-6-13-11/h1-6H. The zero-order valence-corrected chi connectivity index (χ0v) is 8.49. The smallest absolute Gasteiger partial charge is 0.199 e. The molecule has 0 N–H and O–H groups in total. The van der Waals surface area contributed by atoms with E-state index >= 15 is 0 Å². The van der Waals surface area contributed by atoms with Gasteiger partial charge < -0.3 is 0 Å². The molecule has 0 atom stereocenters. The Hall–Kier alpha value is -1.81. The number of aromatic nitrogens is 2. The van der Waals surface area contributed by atoms with Crippen LogP contribution in [0.15, 0.2) is 41.6 Å². The minimum Gasteiger partial charge on any atom is -0.288 e. The van der Waals surface area contributed by atoms with Gasteiger partial charge in [-0.25, -0.2) is 9.97 Å². The molecule has 0 saturated carbocycles. The fourth-order valence-corrected chi connectivity index (χ4v) is 2.53. The van der Waals surface area contributed by atoms with Crippen LogP contribution in [0.3, 0.4) is 0 Å². The SMILES string of the molecule is O=c1c2ccccc2sc2ncncc12. The van der Waals surface area contributed by atoms with Gasteiger partial charge in [0.05, 0.1) is 5.39 Å². The van der Waals surface area contributed by atoms with E-state index in [2.05, 4.69) is 9.97 Å². The maximum absolute atomic E-state index is 12.0. The van der Waals surface area contributed by atoms with E-state index in [0.29, 0.717) is 5.39 Å². The maximum atomic E-state index is 12.0. The van der Waals surface area contributed by atoms with E-state index in [-0.39, 0.29) is 5.43 Å². The molecule has 3 nitrogen and oxygen atoms in total. The van der Waals surface area contributed by atoms with Crippen LogP contribution in [-0.4, -0.2) is 9.97 Å². The minimum absolute atomic E-state index is 0.0138. The first-order chi connectivity index (χ1) is 7.36. The average molecular weight is 214 g/mol. The highest BCUT2D eigenvalue weighted by molar-refractivity contribution is 7.24. The fraction of sp³-hybridized carbons (Fsp3) is 0. The highest BCUT2D eigenvalue weighted by Crippen LogP contribution is 2.21. The number of hydrogen-bond donors (Lipinski definition) is 0. The van der Waals surface area contributed by atoms with Crippen LogP contribution in [0, 0.1) is 0 Å². The van der Waals surface area contributed by atoms with Gasteiger partial charge in [-0.2, -0.15) is 0 Å². The molecule has 15 heavy (non-hydrogen) atoms. The van der Waals surface area contributed by atoms with Gasteiger partial charge in [0, 0.05) is 16.3 Å². The van der Waals surface area contributed by atoms with Crippen molar-refractivity contribution in [2.75, 3.05) is 0 Å². The van der Waals surface area contributed by atoms with Crippen LogP contribution < -0.4 is 5.43 Å². The van der Waals surface area contributed by atoms with Crippen LogP contribution in [0.1, 0.15) is 0 Å². The second-order valence-electron chi connectivity index (χ2n) is 3.17. The van der Waals surface area contributed by atoms with Gasteiger partial charge in [0.1, 0.15) is 11.2 Å². The Bertz CT molecular complexity index is 648. The lowest BCUT2D eigenvalue weighted by molar-refractivity contribution is 1.23. The van der Waals surface area contributed by atoms with Crippen LogP contribution in [-0.2, 0) is 0 Å². The lowest BCUT2D eigenvalue weighted by atomic mass is 10.2. The van der Waals surface area contributed by atoms with E-state index in [0.717, 1.165) is 14.9 Å². The summed E-state index contributed by atoms with van der Waals surface area (Å²) in [4.78, 5) is 20.7. The van der Waals surface area contributed by atoms with Gasteiger partial charge in [-0.15, -0.1) is 11.3 Å². The predicted molar refractivity (Wildman–Crippen MR) is 61.2 cm³/mol. The topological polar surface area (TPSA) is 42.9 Å². The fourth-order valence-electron chi connectivity index (χ4n) is 1.55. The third-order valence-electron chi connectivity index (χ3n) is 2.26. The summed E-state index contributed by atoms with van der Waals surface area (Å²) >= 11 is 1.51. The number of hydrogen-bond acceptors (Lipinski definition) is 4. The van der Waals surface area contributed by atoms with E-state index in [1.54, 1.807) is 6.20 Å². The summed E-state index contributed by atoms with van der Waals surface area (Å²) in [7, 11) is 0. The van der Waals surface area contributed by atoms with E-state index in [4.69, 9.17) is 0 Å². The lowest BCUT2D eigenvalue weighted by Gasteiger charge is -1.97. The summed E-state index contributed by atoms with van der Waals surface area (Å²) in [5.41, 5.74) is 0.0138. The second-order valence-corrected chi connectivity index (χ2v) is 4.20. The van der Waals surface area contributed by atoms with Crippen molar-refractivity contribution in [1.29, 1.82) is 0 Å². The van der Waals surface area contributed by atoms with Crippen LogP contribution in [0.5, 0.6) is 0 Å². The first kappa shape index (κ1) is 8.49. The first-order valence-corrected chi connectivity index (χ1v) is 5.29. The van der Waals surface area contributed by atoms with Crippen LogP contribution in [0.2, 0.25) is 0 Å². The summed E-state index contributed by atoms with van der Waals surface area (Å²) in [6, 6.07) is 7.56.